The van der Waals surface area contributed by atoms with Crippen molar-refractivity contribution in [3.05, 3.63) is 29.8 Å². The van der Waals surface area contributed by atoms with E-state index in [2.05, 4.69) is 5.32 Å². The Bertz CT molecular complexity index is 563. The van der Waals surface area contributed by atoms with E-state index in [1.807, 2.05) is 13.8 Å². The van der Waals surface area contributed by atoms with Gasteiger partial charge in [-0.25, -0.2) is 8.78 Å². The molecule has 1 aromatic rings. The third kappa shape index (κ3) is 3.37. The second kappa shape index (κ2) is 6.20. The van der Waals surface area contributed by atoms with Gasteiger partial charge >= 0.3 is 0 Å². The Morgan fingerprint density at radius 2 is 2.14 bits per heavy atom. The highest BCUT2D eigenvalue weighted by molar-refractivity contribution is 6.00. The highest BCUT2D eigenvalue weighted by Gasteiger charge is 2.35. The number of nitrogens with one attached hydrogen (secondary N) is 1. The van der Waals surface area contributed by atoms with Gasteiger partial charge in [0, 0.05) is 30.8 Å². The highest BCUT2D eigenvalue weighted by Crippen LogP contribution is 2.26. The first-order valence-corrected chi connectivity index (χ1v) is 6.98. The van der Waals surface area contributed by atoms with Gasteiger partial charge in [-0.05, 0) is 25.5 Å². The second-order valence-electron chi connectivity index (χ2n) is 5.32. The summed E-state index contributed by atoms with van der Waals surface area (Å²) in [6.45, 7) is 4.03. The van der Waals surface area contributed by atoms with Gasteiger partial charge in [0.05, 0.1) is 5.92 Å². The molecule has 0 aromatic heterocycles. The summed E-state index contributed by atoms with van der Waals surface area (Å²) < 4.78 is 26.2. The predicted molar refractivity (Wildman–Crippen MR) is 74.7 cm³/mol. The van der Waals surface area contributed by atoms with E-state index >= 15 is 0 Å². The first-order chi connectivity index (χ1) is 9.92. The van der Waals surface area contributed by atoms with Crippen molar-refractivity contribution >= 4 is 17.5 Å². The number of anilines is 1. The molecule has 2 amide bonds. The van der Waals surface area contributed by atoms with Gasteiger partial charge in [0.1, 0.15) is 0 Å². The number of nitrogens with zero attached hydrogens (tertiary/aromatic N) is 1. The Balaban J connectivity index is 2.09. The molecular weight excluding hydrogens is 278 g/mol. The molecule has 2 rings (SSSR count). The van der Waals surface area contributed by atoms with E-state index in [0.717, 1.165) is 18.6 Å². The standard InChI is InChI=1S/C15H18F2N2O2/c1-3-9(2)18-15(21)10-6-14(20)19(8-10)11-4-5-12(16)13(17)7-11/h4-5,7,9-10H,3,6,8H2,1-2H3,(H,18,21). The van der Waals surface area contributed by atoms with Gasteiger partial charge in [0.15, 0.2) is 11.6 Å². The van der Waals surface area contributed by atoms with Crippen LogP contribution in [0.15, 0.2) is 18.2 Å². The van der Waals surface area contributed by atoms with Crippen molar-refractivity contribution in [2.45, 2.75) is 32.7 Å². The van der Waals surface area contributed by atoms with Crippen LogP contribution in [0.4, 0.5) is 14.5 Å². The average Bonchev–Trinajstić information content (AvgIpc) is 2.84. The number of halogens is 2. The van der Waals surface area contributed by atoms with Gasteiger partial charge in [-0.2, -0.15) is 0 Å². The molecule has 2 unspecified atom stereocenters. The molecule has 0 saturated carbocycles. The van der Waals surface area contributed by atoms with E-state index < -0.39 is 17.6 Å². The molecule has 1 heterocycles. The zero-order valence-electron chi connectivity index (χ0n) is 12.0. The smallest absolute Gasteiger partial charge is 0.227 e. The minimum absolute atomic E-state index is 0.0462. The van der Waals surface area contributed by atoms with E-state index in [0.29, 0.717) is 0 Å². The normalized spacial score (nSPS) is 19.7. The Kier molecular flexibility index (Phi) is 4.55. The molecule has 1 aromatic carbocycles. The quantitative estimate of drug-likeness (QED) is 0.926. The Hall–Kier alpha value is -1.98. The van der Waals surface area contributed by atoms with E-state index in [-0.39, 0.29) is 36.5 Å². The number of amides is 2. The maximum Gasteiger partial charge on any atom is 0.227 e. The molecule has 1 aliphatic rings. The molecule has 2 atom stereocenters. The molecule has 0 spiro atoms. The number of rotatable bonds is 4. The summed E-state index contributed by atoms with van der Waals surface area (Å²) in [4.78, 5) is 25.3. The minimum atomic E-state index is -1.01. The summed E-state index contributed by atoms with van der Waals surface area (Å²) in [5.41, 5.74) is 0.276. The predicted octanol–water partition coefficient (Wildman–Crippen LogP) is 2.23. The molecule has 1 fully saturated rings. The van der Waals surface area contributed by atoms with Crippen molar-refractivity contribution in [3.8, 4) is 0 Å². The number of benzene rings is 1. The van der Waals surface area contributed by atoms with Crippen molar-refractivity contribution in [2.24, 2.45) is 5.92 Å². The molecule has 0 aliphatic carbocycles. The Morgan fingerprint density at radius 1 is 1.43 bits per heavy atom. The summed E-state index contributed by atoms with van der Waals surface area (Å²) in [6, 6.07) is 3.34. The largest absolute Gasteiger partial charge is 0.353 e. The van der Waals surface area contributed by atoms with Crippen molar-refractivity contribution in [1.82, 2.24) is 5.32 Å². The Morgan fingerprint density at radius 3 is 2.76 bits per heavy atom. The van der Waals surface area contributed by atoms with Gasteiger partial charge < -0.3 is 10.2 Å². The average molecular weight is 296 g/mol. The summed E-state index contributed by atoms with van der Waals surface area (Å²) in [6.07, 6.45) is 0.889. The van der Waals surface area contributed by atoms with Crippen LogP contribution in [0.1, 0.15) is 26.7 Å². The molecule has 6 heteroatoms. The van der Waals surface area contributed by atoms with Crippen molar-refractivity contribution in [2.75, 3.05) is 11.4 Å². The van der Waals surface area contributed by atoms with E-state index in [9.17, 15) is 18.4 Å². The first-order valence-electron chi connectivity index (χ1n) is 6.98. The molecule has 0 radical (unpaired) electrons. The van der Waals surface area contributed by atoms with Crippen molar-refractivity contribution in [3.63, 3.8) is 0 Å². The second-order valence-corrected chi connectivity index (χ2v) is 5.32. The summed E-state index contributed by atoms with van der Waals surface area (Å²) in [5.74, 6) is -2.86. The number of hydrogen-bond donors (Lipinski definition) is 1. The molecular formula is C15H18F2N2O2. The van der Waals surface area contributed by atoms with Gasteiger partial charge in [-0.15, -0.1) is 0 Å². The van der Waals surface area contributed by atoms with Crippen LogP contribution in [0.3, 0.4) is 0 Å². The third-order valence-electron chi connectivity index (χ3n) is 3.71. The van der Waals surface area contributed by atoms with Gasteiger partial charge in [-0.1, -0.05) is 6.92 Å². The maximum absolute atomic E-state index is 13.2. The topological polar surface area (TPSA) is 49.4 Å². The molecule has 0 bridgehead atoms. The van der Waals surface area contributed by atoms with Crippen LogP contribution in [0.25, 0.3) is 0 Å². The van der Waals surface area contributed by atoms with E-state index in [1.54, 1.807) is 0 Å². The van der Waals surface area contributed by atoms with Crippen LogP contribution in [-0.2, 0) is 9.59 Å². The number of hydrogen-bond acceptors (Lipinski definition) is 2. The fourth-order valence-corrected chi connectivity index (χ4v) is 2.25. The molecule has 114 valence electrons. The molecule has 1 N–H and O–H groups in total. The minimum Gasteiger partial charge on any atom is -0.353 e. The van der Waals surface area contributed by atoms with E-state index in [1.165, 1.54) is 11.0 Å². The first kappa shape index (κ1) is 15.4. The third-order valence-corrected chi connectivity index (χ3v) is 3.71. The van der Waals surface area contributed by atoms with Crippen LogP contribution in [0.5, 0.6) is 0 Å². The van der Waals surface area contributed by atoms with Gasteiger partial charge in [0.25, 0.3) is 0 Å². The van der Waals surface area contributed by atoms with Crippen LogP contribution >= 0.6 is 0 Å². The zero-order chi connectivity index (χ0) is 15.6. The van der Waals surface area contributed by atoms with Crippen molar-refractivity contribution in [1.29, 1.82) is 0 Å². The fraction of sp³-hybridized carbons (Fsp3) is 0.467. The van der Waals surface area contributed by atoms with Gasteiger partial charge in [-0.3, -0.25) is 9.59 Å². The van der Waals surface area contributed by atoms with Crippen molar-refractivity contribution < 1.29 is 18.4 Å². The number of carbonyl (C=O) groups excluding carboxylic acids is 2. The monoisotopic (exact) mass is 296 g/mol. The van der Waals surface area contributed by atoms with Crippen LogP contribution in [0, 0.1) is 17.6 Å². The zero-order valence-corrected chi connectivity index (χ0v) is 12.0. The highest BCUT2D eigenvalue weighted by atomic mass is 19.2. The van der Waals surface area contributed by atoms with Gasteiger partial charge in [0.2, 0.25) is 11.8 Å². The molecule has 21 heavy (non-hydrogen) atoms. The molecule has 1 saturated heterocycles. The lowest BCUT2D eigenvalue weighted by molar-refractivity contribution is -0.126. The lowest BCUT2D eigenvalue weighted by atomic mass is 10.1. The lowest BCUT2D eigenvalue weighted by Crippen LogP contribution is -2.38. The SMILES string of the molecule is CCC(C)NC(=O)C1CC(=O)N(c2ccc(F)c(F)c2)C1. The van der Waals surface area contributed by atoms with Crippen LogP contribution in [-0.4, -0.2) is 24.4 Å². The molecule has 1 aliphatic heterocycles. The summed E-state index contributed by atoms with van der Waals surface area (Å²) in [5, 5.41) is 2.83. The van der Waals surface area contributed by atoms with Crippen LogP contribution < -0.4 is 10.2 Å². The fourth-order valence-electron chi connectivity index (χ4n) is 2.25. The van der Waals surface area contributed by atoms with Crippen LogP contribution in [0.2, 0.25) is 0 Å². The Labute approximate surface area is 122 Å². The number of carbonyl (C=O) groups is 2. The summed E-state index contributed by atoms with van der Waals surface area (Å²) >= 11 is 0. The maximum atomic E-state index is 13.2. The summed E-state index contributed by atoms with van der Waals surface area (Å²) in [7, 11) is 0. The van der Waals surface area contributed by atoms with E-state index in [4.69, 9.17) is 0 Å². The lowest BCUT2D eigenvalue weighted by Gasteiger charge is -2.18. The molecule has 4 nitrogen and oxygen atoms in total.